The summed E-state index contributed by atoms with van der Waals surface area (Å²) >= 11 is 5.92. The Balaban J connectivity index is 2.68. The van der Waals surface area contributed by atoms with Crippen molar-refractivity contribution < 1.29 is 23.0 Å². The van der Waals surface area contributed by atoms with E-state index in [0.29, 0.717) is 0 Å². The molecule has 0 fully saturated rings. The minimum Gasteiger partial charge on any atom is -0.493 e. The Kier molecular flexibility index (Phi) is 5.00. The number of rotatable bonds is 4. The van der Waals surface area contributed by atoms with E-state index < -0.39 is 18.5 Å². The second-order valence-electron chi connectivity index (χ2n) is 4.50. The lowest BCUT2D eigenvalue weighted by Gasteiger charge is -2.12. The third-order valence-electron chi connectivity index (χ3n) is 3.17. The van der Waals surface area contributed by atoms with Crippen molar-refractivity contribution >= 4 is 23.3 Å². The molecule has 0 bridgehead atoms. The Morgan fingerprint density at radius 1 is 1.39 bits per heavy atom. The van der Waals surface area contributed by atoms with Gasteiger partial charge in [-0.2, -0.15) is 0 Å². The molecule has 8 heteroatoms. The number of alkyl halides is 1. The molecule has 0 radical (unpaired) electrons. The zero-order chi connectivity index (χ0) is 17.1. The second-order valence-corrected chi connectivity index (χ2v) is 4.88. The van der Waals surface area contributed by atoms with E-state index in [0.717, 1.165) is 7.11 Å². The van der Waals surface area contributed by atoms with Gasteiger partial charge in [0, 0.05) is 11.1 Å². The van der Waals surface area contributed by atoms with Gasteiger partial charge in [-0.15, -0.1) is 0 Å². The molecule has 1 heterocycles. The van der Waals surface area contributed by atoms with Crippen molar-refractivity contribution in [1.29, 1.82) is 0 Å². The molecule has 1 aromatic carbocycles. The molecule has 0 unspecified atom stereocenters. The maximum absolute atomic E-state index is 14.5. The minimum atomic E-state index is -0.885. The van der Waals surface area contributed by atoms with Gasteiger partial charge in [0.1, 0.15) is 6.67 Å². The van der Waals surface area contributed by atoms with Crippen molar-refractivity contribution in [2.75, 3.05) is 20.0 Å². The van der Waals surface area contributed by atoms with Crippen molar-refractivity contribution in [2.24, 2.45) is 0 Å². The Labute approximate surface area is 136 Å². The number of carbonyl (C=O) groups is 1. The minimum absolute atomic E-state index is 0.00688. The summed E-state index contributed by atoms with van der Waals surface area (Å²) in [5, 5.41) is -0.0895. The number of benzene rings is 1. The van der Waals surface area contributed by atoms with Gasteiger partial charge in [-0.1, -0.05) is 17.7 Å². The average Bonchev–Trinajstić information content (AvgIpc) is 2.56. The molecule has 2 aromatic rings. The van der Waals surface area contributed by atoms with Crippen molar-refractivity contribution in [3.8, 4) is 17.0 Å². The Morgan fingerprint density at radius 2 is 2.09 bits per heavy atom. The van der Waals surface area contributed by atoms with E-state index in [-0.39, 0.29) is 39.0 Å². The van der Waals surface area contributed by atoms with Gasteiger partial charge in [0.2, 0.25) is 0 Å². The zero-order valence-corrected chi connectivity index (χ0v) is 13.1. The summed E-state index contributed by atoms with van der Waals surface area (Å²) in [7, 11) is 2.38. The van der Waals surface area contributed by atoms with E-state index in [1.165, 1.54) is 25.3 Å². The number of carbonyl (C=O) groups excluding carboxylic acids is 1. The van der Waals surface area contributed by atoms with Crippen molar-refractivity contribution in [3.05, 3.63) is 40.3 Å². The summed E-state index contributed by atoms with van der Waals surface area (Å²) in [6.45, 7) is -0.885. The van der Waals surface area contributed by atoms with Crippen LogP contribution in [0.25, 0.3) is 11.3 Å². The number of hydrogen-bond donors (Lipinski definition) is 1. The molecule has 2 rings (SSSR count). The molecule has 122 valence electrons. The second kappa shape index (κ2) is 6.78. The van der Waals surface area contributed by atoms with Crippen LogP contribution in [0.15, 0.2) is 18.2 Å². The molecule has 0 saturated carbocycles. The number of anilines is 1. The first kappa shape index (κ1) is 17.0. The summed E-state index contributed by atoms with van der Waals surface area (Å²) in [5.74, 6) is -1.86. The van der Waals surface area contributed by atoms with Crippen LogP contribution in [0.3, 0.4) is 0 Å². The van der Waals surface area contributed by atoms with E-state index in [1.54, 1.807) is 0 Å². The molecular formula is C15H13ClF2N2O3. The summed E-state index contributed by atoms with van der Waals surface area (Å²) in [4.78, 5) is 15.7. The predicted octanol–water partition coefficient (Wildman–Crippen LogP) is 3.39. The lowest BCUT2D eigenvalue weighted by Crippen LogP contribution is -2.08. The Bertz CT molecular complexity index is 769. The molecule has 5 nitrogen and oxygen atoms in total. The maximum Gasteiger partial charge on any atom is 0.358 e. The molecule has 0 spiro atoms. The van der Waals surface area contributed by atoms with Gasteiger partial charge in [-0.3, -0.25) is 0 Å². The van der Waals surface area contributed by atoms with Crippen LogP contribution in [0.4, 0.5) is 14.5 Å². The first-order valence-corrected chi connectivity index (χ1v) is 6.78. The van der Waals surface area contributed by atoms with Gasteiger partial charge in [0.15, 0.2) is 17.3 Å². The summed E-state index contributed by atoms with van der Waals surface area (Å²) < 4.78 is 36.8. The quantitative estimate of drug-likeness (QED) is 0.862. The fraction of sp³-hybridized carbons (Fsp3) is 0.200. The number of esters is 1. The van der Waals surface area contributed by atoms with E-state index in [1.807, 2.05) is 0 Å². The topological polar surface area (TPSA) is 74.4 Å². The van der Waals surface area contributed by atoms with Gasteiger partial charge in [-0.05, 0) is 12.1 Å². The largest absolute Gasteiger partial charge is 0.493 e. The summed E-state index contributed by atoms with van der Waals surface area (Å²) in [6, 6.07) is 3.99. The van der Waals surface area contributed by atoms with Crippen LogP contribution < -0.4 is 10.5 Å². The highest BCUT2D eigenvalue weighted by atomic mass is 35.5. The molecule has 0 saturated heterocycles. The number of halogens is 3. The monoisotopic (exact) mass is 342 g/mol. The highest BCUT2D eigenvalue weighted by molar-refractivity contribution is 6.35. The molecule has 0 amide bonds. The molecule has 2 N–H and O–H groups in total. The first-order valence-electron chi connectivity index (χ1n) is 6.40. The average molecular weight is 343 g/mol. The predicted molar refractivity (Wildman–Crippen MR) is 81.8 cm³/mol. The fourth-order valence-electron chi connectivity index (χ4n) is 2.04. The maximum atomic E-state index is 14.5. The highest BCUT2D eigenvalue weighted by Crippen LogP contribution is 2.34. The number of hydrogen-bond acceptors (Lipinski definition) is 5. The van der Waals surface area contributed by atoms with Crippen LogP contribution in [-0.2, 0) is 11.4 Å². The SMILES string of the molecule is COC(=O)c1nc(-c2ccc(CF)c(OC)c2F)cc(N)c1Cl. The van der Waals surface area contributed by atoms with Crippen molar-refractivity contribution in [1.82, 2.24) is 4.98 Å². The van der Waals surface area contributed by atoms with E-state index in [4.69, 9.17) is 22.1 Å². The van der Waals surface area contributed by atoms with E-state index in [2.05, 4.69) is 9.72 Å². The van der Waals surface area contributed by atoms with Gasteiger partial charge >= 0.3 is 5.97 Å². The molecular weight excluding hydrogens is 330 g/mol. The Morgan fingerprint density at radius 3 is 2.65 bits per heavy atom. The molecule has 0 aliphatic heterocycles. The van der Waals surface area contributed by atoms with Gasteiger partial charge < -0.3 is 15.2 Å². The molecule has 1 aromatic heterocycles. The number of aromatic nitrogens is 1. The van der Waals surface area contributed by atoms with E-state index in [9.17, 15) is 13.6 Å². The first-order chi connectivity index (χ1) is 10.9. The molecule has 0 aliphatic carbocycles. The van der Waals surface area contributed by atoms with Crippen LogP contribution in [0.5, 0.6) is 5.75 Å². The van der Waals surface area contributed by atoms with Crippen molar-refractivity contribution in [2.45, 2.75) is 6.67 Å². The third-order valence-corrected chi connectivity index (χ3v) is 3.56. The van der Waals surface area contributed by atoms with Crippen LogP contribution in [-0.4, -0.2) is 25.2 Å². The van der Waals surface area contributed by atoms with Gasteiger partial charge in [-0.25, -0.2) is 18.6 Å². The third kappa shape index (κ3) is 3.05. The lowest BCUT2D eigenvalue weighted by molar-refractivity contribution is 0.0594. The van der Waals surface area contributed by atoms with E-state index >= 15 is 0 Å². The van der Waals surface area contributed by atoms with Crippen LogP contribution in [0.1, 0.15) is 16.1 Å². The van der Waals surface area contributed by atoms with Crippen LogP contribution >= 0.6 is 11.6 Å². The number of pyridine rings is 1. The highest BCUT2D eigenvalue weighted by Gasteiger charge is 2.21. The number of methoxy groups -OCH3 is 2. The number of nitrogens with two attached hydrogens (primary N) is 1. The van der Waals surface area contributed by atoms with Crippen molar-refractivity contribution in [3.63, 3.8) is 0 Å². The number of nitrogens with zero attached hydrogens (tertiary/aromatic N) is 1. The Hall–Kier alpha value is -2.41. The van der Waals surface area contributed by atoms with Crippen LogP contribution in [0, 0.1) is 5.82 Å². The number of nitrogen functional groups attached to an aromatic ring is 1. The zero-order valence-electron chi connectivity index (χ0n) is 12.3. The molecule has 0 aliphatic rings. The normalized spacial score (nSPS) is 10.5. The fourth-order valence-corrected chi connectivity index (χ4v) is 2.21. The molecule has 0 atom stereocenters. The lowest BCUT2D eigenvalue weighted by atomic mass is 10.1. The smallest absolute Gasteiger partial charge is 0.358 e. The van der Waals surface area contributed by atoms with Gasteiger partial charge in [0.05, 0.1) is 30.6 Å². The standard InChI is InChI=1S/C15H13ClF2N2O3/c1-22-14-7(6-17)3-4-8(12(14)18)10-5-9(19)11(16)13(20-10)15(21)23-2/h3-5H,6H2,1-2H3,(H2,19,20). The van der Waals surface area contributed by atoms with Crippen LogP contribution in [0.2, 0.25) is 5.02 Å². The summed E-state index contributed by atoms with van der Waals surface area (Å²) in [5.41, 5.74) is 5.63. The summed E-state index contributed by atoms with van der Waals surface area (Å²) in [6.07, 6.45) is 0. The molecule has 23 heavy (non-hydrogen) atoms. The number of ether oxygens (including phenoxy) is 2. The van der Waals surface area contributed by atoms with Gasteiger partial charge in [0.25, 0.3) is 0 Å².